The topological polar surface area (TPSA) is 59.9 Å². The molecule has 0 saturated carbocycles. The molecule has 0 spiro atoms. The number of likely N-dealkylation sites (N-methyl/N-ethyl adjacent to an activating group) is 1. The van der Waals surface area contributed by atoms with Gasteiger partial charge >= 0.3 is 0 Å². The highest BCUT2D eigenvalue weighted by molar-refractivity contribution is 6.45. The van der Waals surface area contributed by atoms with E-state index >= 15 is 0 Å². The zero-order valence-electron chi connectivity index (χ0n) is 14.5. The van der Waals surface area contributed by atoms with E-state index in [1.165, 1.54) is 7.11 Å². The number of hydrogen-bond acceptors (Lipinski definition) is 4. The molecule has 5 heteroatoms. The summed E-state index contributed by atoms with van der Waals surface area (Å²) in [5, 5.41) is 6.44. The van der Waals surface area contributed by atoms with Crippen molar-refractivity contribution >= 4 is 11.6 Å². The summed E-state index contributed by atoms with van der Waals surface area (Å²) in [7, 11) is 2.96. The van der Waals surface area contributed by atoms with E-state index in [0.717, 1.165) is 23.3 Å². The molecule has 0 fully saturated rings. The van der Waals surface area contributed by atoms with Gasteiger partial charge in [-0.25, -0.2) is 0 Å². The Hall–Kier alpha value is -3.08. The fraction of sp³-hybridized carbons (Fsp3) is 0.200. The molecule has 0 unspecified atom stereocenters. The van der Waals surface area contributed by atoms with Crippen LogP contribution in [-0.4, -0.2) is 25.8 Å². The monoisotopic (exact) mass is 338 g/mol. The molecule has 0 saturated heterocycles. The Labute approximate surface area is 148 Å². The fourth-order valence-electron chi connectivity index (χ4n) is 2.42. The maximum atomic E-state index is 12.1. The molecule has 0 aliphatic carbocycles. The minimum Gasteiger partial charge on any atom is -0.489 e. The van der Waals surface area contributed by atoms with Crippen LogP contribution in [-0.2, 0) is 22.7 Å². The van der Waals surface area contributed by atoms with Gasteiger partial charge < -0.3 is 14.9 Å². The third-order valence-electron chi connectivity index (χ3n) is 3.62. The standard InChI is InChI=1S/C20H22N2O3/c1-4-9-15-10-6-8-13-18(15)25-14-16-11-5-7-12-17(16)19(22-24-3)20(23)21-2/h4-8,10-13H,1,9,14H2,2-3H3,(H,21,23). The minimum atomic E-state index is -0.318. The number of allylic oxidation sites excluding steroid dienone is 1. The third kappa shape index (κ3) is 4.70. The number of oxime groups is 1. The highest BCUT2D eigenvalue weighted by Gasteiger charge is 2.17. The average molecular weight is 338 g/mol. The van der Waals surface area contributed by atoms with Gasteiger partial charge in [-0.1, -0.05) is 53.7 Å². The Morgan fingerprint density at radius 3 is 2.52 bits per heavy atom. The molecular formula is C20H22N2O3. The van der Waals surface area contributed by atoms with Crippen LogP contribution in [0.25, 0.3) is 0 Å². The van der Waals surface area contributed by atoms with Crippen molar-refractivity contribution in [3.63, 3.8) is 0 Å². The summed E-state index contributed by atoms with van der Waals surface area (Å²) in [6.45, 7) is 4.08. The molecule has 130 valence electrons. The largest absolute Gasteiger partial charge is 0.489 e. The van der Waals surface area contributed by atoms with Gasteiger partial charge in [-0.05, 0) is 23.6 Å². The molecule has 1 N–H and O–H groups in total. The number of rotatable bonds is 8. The number of nitrogens with zero attached hydrogens (tertiary/aromatic N) is 1. The third-order valence-corrected chi connectivity index (χ3v) is 3.62. The van der Waals surface area contributed by atoms with E-state index in [-0.39, 0.29) is 11.6 Å². The molecule has 25 heavy (non-hydrogen) atoms. The molecule has 0 atom stereocenters. The van der Waals surface area contributed by atoms with Gasteiger partial charge in [0.15, 0.2) is 5.71 Å². The quantitative estimate of drug-likeness (QED) is 0.457. The number of carbonyl (C=O) groups is 1. The first kappa shape index (κ1) is 18.3. The van der Waals surface area contributed by atoms with Gasteiger partial charge in [0.25, 0.3) is 5.91 Å². The van der Waals surface area contributed by atoms with Gasteiger partial charge in [0.2, 0.25) is 0 Å². The molecule has 1 amide bonds. The van der Waals surface area contributed by atoms with Crippen LogP contribution < -0.4 is 10.1 Å². The first-order chi connectivity index (χ1) is 12.2. The summed E-state index contributed by atoms with van der Waals surface area (Å²) in [5.41, 5.74) is 2.79. The molecule has 2 rings (SSSR count). The number of hydrogen-bond donors (Lipinski definition) is 1. The molecule has 2 aromatic carbocycles. The van der Waals surface area contributed by atoms with Crippen molar-refractivity contribution in [2.75, 3.05) is 14.2 Å². The molecule has 0 aromatic heterocycles. The second-order valence-corrected chi connectivity index (χ2v) is 5.25. The lowest BCUT2D eigenvalue weighted by Crippen LogP contribution is -2.29. The molecule has 2 aromatic rings. The maximum absolute atomic E-state index is 12.1. The van der Waals surface area contributed by atoms with Gasteiger partial charge in [-0.2, -0.15) is 0 Å². The van der Waals surface area contributed by atoms with Crippen LogP contribution in [0, 0.1) is 0 Å². The lowest BCUT2D eigenvalue weighted by molar-refractivity contribution is -0.114. The molecule has 0 bridgehead atoms. The molecular weight excluding hydrogens is 316 g/mol. The molecule has 0 aliphatic rings. The zero-order valence-corrected chi connectivity index (χ0v) is 14.5. The Balaban J connectivity index is 2.28. The highest BCUT2D eigenvalue weighted by Crippen LogP contribution is 2.21. The number of benzene rings is 2. The predicted octanol–water partition coefficient (Wildman–Crippen LogP) is 3.09. The van der Waals surface area contributed by atoms with Crippen molar-refractivity contribution < 1.29 is 14.4 Å². The van der Waals surface area contributed by atoms with Crippen molar-refractivity contribution in [2.24, 2.45) is 5.16 Å². The first-order valence-corrected chi connectivity index (χ1v) is 7.94. The molecule has 0 heterocycles. The van der Waals surface area contributed by atoms with E-state index in [4.69, 9.17) is 9.57 Å². The lowest BCUT2D eigenvalue weighted by atomic mass is 10.0. The second kappa shape index (κ2) is 9.27. The van der Waals surface area contributed by atoms with Crippen molar-refractivity contribution in [1.29, 1.82) is 0 Å². The van der Waals surface area contributed by atoms with Gasteiger partial charge in [-0.15, -0.1) is 6.58 Å². The second-order valence-electron chi connectivity index (χ2n) is 5.25. The van der Waals surface area contributed by atoms with E-state index < -0.39 is 0 Å². The van der Waals surface area contributed by atoms with Crippen LogP contribution in [0.4, 0.5) is 0 Å². The van der Waals surface area contributed by atoms with Gasteiger partial charge in [0, 0.05) is 12.6 Å². The lowest BCUT2D eigenvalue weighted by Gasteiger charge is -2.14. The van der Waals surface area contributed by atoms with Crippen molar-refractivity contribution in [3.8, 4) is 5.75 Å². The van der Waals surface area contributed by atoms with Crippen LogP contribution in [0.5, 0.6) is 5.75 Å². The predicted molar refractivity (Wildman–Crippen MR) is 98.7 cm³/mol. The normalized spacial score (nSPS) is 10.9. The number of ether oxygens (including phenoxy) is 1. The van der Waals surface area contributed by atoms with E-state index in [0.29, 0.717) is 12.2 Å². The van der Waals surface area contributed by atoms with Crippen LogP contribution in [0.1, 0.15) is 16.7 Å². The number of nitrogens with one attached hydrogen (secondary N) is 1. The zero-order chi connectivity index (χ0) is 18.1. The van der Waals surface area contributed by atoms with Crippen LogP contribution in [0.2, 0.25) is 0 Å². The summed E-state index contributed by atoms with van der Waals surface area (Å²) >= 11 is 0. The number of para-hydroxylation sites is 1. The Morgan fingerprint density at radius 2 is 1.84 bits per heavy atom. The summed E-state index contributed by atoms with van der Waals surface area (Å²) in [4.78, 5) is 16.9. The van der Waals surface area contributed by atoms with E-state index in [2.05, 4.69) is 17.1 Å². The van der Waals surface area contributed by atoms with Crippen molar-refractivity contribution in [2.45, 2.75) is 13.0 Å². The smallest absolute Gasteiger partial charge is 0.273 e. The van der Waals surface area contributed by atoms with Crippen molar-refractivity contribution in [1.82, 2.24) is 5.32 Å². The number of carbonyl (C=O) groups excluding carboxylic acids is 1. The van der Waals surface area contributed by atoms with Gasteiger partial charge in [-0.3, -0.25) is 4.79 Å². The van der Waals surface area contributed by atoms with Crippen LogP contribution >= 0.6 is 0 Å². The SMILES string of the molecule is C=CCc1ccccc1OCc1ccccc1C(=NOC)C(=O)NC. The molecule has 0 aliphatic heterocycles. The summed E-state index contributed by atoms with van der Waals surface area (Å²) in [5.74, 6) is 0.476. The van der Waals surface area contributed by atoms with Gasteiger partial charge in [0.1, 0.15) is 19.5 Å². The summed E-state index contributed by atoms with van der Waals surface area (Å²) in [6.07, 6.45) is 2.57. The van der Waals surface area contributed by atoms with E-state index in [9.17, 15) is 4.79 Å². The Kier molecular flexibility index (Phi) is 6.77. The van der Waals surface area contributed by atoms with Crippen LogP contribution in [0.15, 0.2) is 66.3 Å². The van der Waals surface area contributed by atoms with Gasteiger partial charge in [0.05, 0.1) is 0 Å². The summed E-state index contributed by atoms with van der Waals surface area (Å²) in [6, 6.07) is 15.3. The maximum Gasteiger partial charge on any atom is 0.273 e. The average Bonchev–Trinajstić information content (AvgIpc) is 2.65. The molecule has 5 nitrogen and oxygen atoms in total. The summed E-state index contributed by atoms with van der Waals surface area (Å²) < 4.78 is 5.98. The Bertz CT molecular complexity index is 769. The van der Waals surface area contributed by atoms with Crippen molar-refractivity contribution in [3.05, 3.63) is 77.9 Å². The fourth-order valence-corrected chi connectivity index (χ4v) is 2.42. The van der Waals surface area contributed by atoms with Crippen LogP contribution in [0.3, 0.4) is 0 Å². The minimum absolute atomic E-state index is 0.212. The highest BCUT2D eigenvalue weighted by atomic mass is 16.6. The Morgan fingerprint density at radius 1 is 1.16 bits per heavy atom. The first-order valence-electron chi connectivity index (χ1n) is 7.94. The number of amides is 1. The van der Waals surface area contributed by atoms with E-state index in [1.54, 1.807) is 7.05 Å². The molecule has 0 radical (unpaired) electrons. The van der Waals surface area contributed by atoms with E-state index in [1.807, 2.05) is 54.6 Å².